The van der Waals surface area contributed by atoms with Crippen molar-refractivity contribution in [2.45, 2.75) is 62.5 Å². The van der Waals surface area contributed by atoms with E-state index in [-0.39, 0.29) is 25.3 Å². The molecule has 2 aliphatic rings. The Morgan fingerprint density at radius 2 is 1.63 bits per heavy atom. The maximum Gasteiger partial charge on any atom is 0.408 e. The van der Waals surface area contributed by atoms with Gasteiger partial charge in [-0.05, 0) is 51.9 Å². The number of nitrogens with one attached hydrogen (secondary N) is 3. The van der Waals surface area contributed by atoms with Gasteiger partial charge in [0.2, 0.25) is 11.8 Å². The molecule has 2 heterocycles. The van der Waals surface area contributed by atoms with Gasteiger partial charge in [-0.25, -0.2) is 4.79 Å². The lowest BCUT2D eigenvalue weighted by atomic mass is 9.87. The summed E-state index contributed by atoms with van der Waals surface area (Å²) in [6.45, 7) is 6.97. The molecule has 2 aromatic rings. The van der Waals surface area contributed by atoms with Gasteiger partial charge in [0, 0.05) is 28.3 Å². The normalized spacial score (nSPS) is 18.6. The molecule has 2 aliphatic heterocycles. The second-order valence-electron chi connectivity index (χ2n) is 9.57. The van der Waals surface area contributed by atoms with E-state index in [4.69, 9.17) is 4.74 Å². The van der Waals surface area contributed by atoms with E-state index in [1.165, 1.54) is 11.8 Å². The number of carbonyl (C=O) groups is 3. The number of para-hydroxylation sites is 2. The number of carbonyl (C=O) groups excluding carboxylic acids is 3. The zero-order valence-corrected chi connectivity index (χ0v) is 23.2. The highest BCUT2D eigenvalue weighted by Crippen LogP contribution is 2.33. The molecular formula is C26H37BN4O5S2. The number of anilines is 2. The second-order valence-corrected chi connectivity index (χ2v) is 11.7. The number of fused-ring (bicyclic) bond motifs is 2. The minimum atomic E-state index is -0.681. The number of hydrogen-bond donors (Lipinski definition) is 4. The second kappa shape index (κ2) is 13.9. The number of amides is 3. The Morgan fingerprint density at radius 1 is 1.05 bits per heavy atom. The third-order valence-corrected chi connectivity index (χ3v) is 7.58. The van der Waals surface area contributed by atoms with Crippen LogP contribution in [0, 0.1) is 0 Å². The summed E-state index contributed by atoms with van der Waals surface area (Å²) < 4.78 is 5.17. The Hall–Kier alpha value is -2.67. The van der Waals surface area contributed by atoms with Crippen LogP contribution in [-0.2, 0) is 14.3 Å². The van der Waals surface area contributed by atoms with Crippen molar-refractivity contribution in [2.75, 3.05) is 28.8 Å². The molecule has 4 rings (SSSR count). The molecule has 3 amide bonds. The molecule has 0 aromatic heterocycles. The van der Waals surface area contributed by atoms with Gasteiger partial charge in [0.25, 0.3) is 0 Å². The number of benzene rings is 2. The van der Waals surface area contributed by atoms with E-state index in [0.29, 0.717) is 11.5 Å². The SMILES string of the molecule is C.CB(O)N[C@H]1CSc2ccccc2N(C)C1=O.CC(C)(C)OC(=O)N[C@H]1CSc2ccccc2NC1=O. The molecule has 0 aliphatic carbocycles. The maximum atomic E-state index is 12.2. The van der Waals surface area contributed by atoms with Crippen LogP contribution in [0.3, 0.4) is 0 Å². The molecule has 0 saturated carbocycles. The number of nitrogens with zero attached hydrogens (tertiary/aromatic N) is 1. The van der Waals surface area contributed by atoms with Crippen LogP contribution in [0.1, 0.15) is 28.2 Å². The fourth-order valence-electron chi connectivity index (χ4n) is 3.59. The van der Waals surface area contributed by atoms with Gasteiger partial charge in [-0.3, -0.25) is 9.59 Å². The summed E-state index contributed by atoms with van der Waals surface area (Å²) in [6, 6.07) is 14.4. The van der Waals surface area contributed by atoms with Gasteiger partial charge in [-0.15, -0.1) is 23.5 Å². The van der Waals surface area contributed by atoms with Crippen LogP contribution in [0.15, 0.2) is 58.3 Å². The van der Waals surface area contributed by atoms with Crippen LogP contribution < -0.4 is 20.8 Å². The van der Waals surface area contributed by atoms with Crippen LogP contribution in [0.4, 0.5) is 16.2 Å². The van der Waals surface area contributed by atoms with E-state index in [1.807, 2.05) is 48.5 Å². The molecule has 0 bridgehead atoms. The van der Waals surface area contributed by atoms with E-state index < -0.39 is 24.8 Å². The minimum absolute atomic E-state index is 0. The Kier molecular flexibility index (Phi) is 11.6. The van der Waals surface area contributed by atoms with Crippen LogP contribution >= 0.6 is 23.5 Å². The van der Waals surface area contributed by atoms with Gasteiger partial charge < -0.3 is 30.5 Å². The first kappa shape index (κ1) is 31.6. The topological polar surface area (TPSA) is 120 Å². The Bertz CT molecular complexity index is 1130. The summed E-state index contributed by atoms with van der Waals surface area (Å²) in [5, 5.41) is 17.6. The number of rotatable bonds is 3. The van der Waals surface area contributed by atoms with Crippen LogP contribution in [0.25, 0.3) is 0 Å². The maximum absolute atomic E-state index is 12.2. The third-order valence-electron chi connectivity index (χ3n) is 5.26. The smallest absolute Gasteiger partial charge is 0.408 e. The van der Waals surface area contributed by atoms with Crippen molar-refractivity contribution in [3.63, 3.8) is 0 Å². The van der Waals surface area contributed by atoms with Crippen LogP contribution in [-0.4, -0.2) is 66.2 Å². The molecule has 2 aromatic carbocycles. The average Bonchev–Trinajstić information content (AvgIpc) is 3.05. The quantitative estimate of drug-likeness (QED) is 0.415. The van der Waals surface area contributed by atoms with Crippen LogP contribution in [0.5, 0.6) is 0 Å². The Morgan fingerprint density at radius 3 is 2.29 bits per heavy atom. The molecule has 2 atom stereocenters. The van der Waals surface area contributed by atoms with E-state index in [2.05, 4.69) is 15.9 Å². The lowest BCUT2D eigenvalue weighted by Gasteiger charge is -2.22. The fraction of sp³-hybridized carbons (Fsp3) is 0.423. The summed E-state index contributed by atoms with van der Waals surface area (Å²) in [4.78, 5) is 39.7. The van der Waals surface area contributed by atoms with Crippen molar-refractivity contribution in [2.24, 2.45) is 0 Å². The summed E-state index contributed by atoms with van der Waals surface area (Å²) in [6.07, 6.45) is -0.579. The zero-order chi connectivity index (χ0) is 27.2. The third kappa shape index (κ3) is 8.97. The van der Waals surface area contributed by atoms with Gasteiger partial charge in [-0.1, -0.05) is 31.7 Å². The van der Waals surface area contributed by atoms with Crippen LogP contribution in [0.2, 0.25) is 6.82 Å². The van der Waals surface area contributed by atoms with Gasteiger partial charge in [0.1, 0.15) is 11.6 Å². The monoisotopic (exact) mass is 560 g/mol. The van der Waals surface area contributed by atoms with Gasteiger partial charge in [0.05, 0.1) is 17.4 Å². The molecule has 9 nitrogen and oxygen atoms in total. The first-order chi connectivity index (χ1) is 17.4. The molecule has 12 heteroatoms. The van der Waals surface area contributed by atoms with E-state index >= 15 is 0 Å². The van der Waals surface area contributed by atoms with E-state index in [9.17, 15) is 19.4 Å². The summed E-state index contributed by atoms with van der Waals surface area (Å²) in [7, 11) is 1.09. The molecule has 0 unspecified atom stereocenters. The largest absolute Gasteiger partial charge is 0.444 e. The average molecular weight is 561 g/mol. The highest BCUT2D eigenvalue weighted by molar-refractivity contribution is 7.99. The highest BCUT2D eigenvalue weighted by atomic mass is 32.2. The van der Waals surface area contributed by atoms with Crippen molar-refractivity contribution in [1.82, 2.24) is 10.5 Å². The molecule has 0 spiro atoms. The Labute approximate surface area is 234 Å². The number of likely N-dealkylation sites (N-methyl/N-ethyl adjacent to an activating group) is 1. The predicted molar refractivity (Wildman–Crippen MR) is 157 cm³/mol. The summed E-state index contributed by atoms with van der Waals surface area (Å²) in [5.41, 5.74) is 1.12. The first-order valence-electron chi connectivity index (χ1n) is 11.9. The van der Waals surface area contributed by atoms with E-state index in [0.717, 1.165) is 21.2 Å². The first-order valence-corrected chi connectivity index (χ1v) is 13.9. The summed E-state index contributed by atoms with van der Waals surface area (Å²) >= 11 is 3.16. The Balaban J connectivity index is 0.000000263. The standard InChI is InChI=1S/C14H18N2O3S.C11H15BN2O2S.CH4/c1-14(2,3)19-13(18)16-10-8-20-11-7-5-4-6-9(11)15-12(10)17;1-12(16)13-8-7-17-10-6-4-3-5-9(10)14(2)11(8)15;/h4-7,10H,8H2,1-3H3,(H,15,17)(H,16,18);3-6,8,13,16H,7H2,1-2H3;1H4/t10-;8-;/m00./s1. The van der Waals surface area contributed by atoms with Crippen molar-refractivity contribution in [3.05, 3.63) is 48.5 Å². The van der Waals surface area contributed by atoms with Crippen molar-refractivity contribution >= 4 is 59.9 Å². The van der Waals surface area contributed by atoms with Gasteiger partial charge >= 0.3 is 13.1 Å². The molecular weight excluding hydrogens is 523 g/mol. The van der Waals surface area contributed by atoms with Gasteiger partial charge in [-0.2, -0.15) is 0 Å². The lowest BCUT2D eigenvalue weighted by molar-refractivity contribution is -0.119. The number of ether oxygens (including phenoxy) is 1. The summed E-state index contributed by atoms with van der Waals surface area (Å²) in [5.74, 6) is 0.865. The van der Waals surface area contributed by atoms with Crippen molar-refractivity contribution < 1.29 is 24.1 Å². The minimum Gasteiger partial charge on any atom is -0.444 e. The molecule has 4 N–H and O–H groups in total. The zero-order valence-electron chi connectivity index (χ0n) is 21.6. The molecule has 206 valence electrons. The number of thioether (sulfide) groups is 2. The number of alkyl carbamates (subject to hydrolysis) is 1. The van der Waals surface area contributed by atoms with Crippen molar-refractivity contribution in [1.29, 1.82) is 0 Å². The lowest BCUT2D eigenvalue weighted by Crippen LogP contribution is -2.50. The number of hydrogen-bond acceptors (Lipinski definition) is 8. The predicted octanol–water partition coefficient (Wildman–Crippen LogP) is 4.08. The molecule has 0 saturated heterocycles. The van der Waals surface area contributed by atoms with E-state index in [1.54, 1.807) is 51.3 Å². The highest BCUT2D eigenvalue weighted by Gasteiger charge is 2.30. The molecule has 0 radical (unpaired) electrons. The molecule has 38 heavy (non-hydrogen) atoms. The van der Waals surface area contributed by atoms with Gasteiger partial charge in [0.15, 0.2) is 0 Å². The fourth-order valence-corrected chi connectivity index (χ4v) is 5.73. The molecule has 0 fully saturated rings. The van der Waals surface area contributed by atoms with Crippen molar-refractivity contribution in [3.8, 4) is 0 Å².